The molecule has 0 aliphatic carbocycles. The van der Waals surface area contributed by atoms with E-state index in [9.17, 15) is 9.36 Å². The molecule has 1 heterocycles. The molecule has 4 nitrogen and oxygen atoms in total. The van der Waals surface area contributed by atoms with E-state index in [0.29, 0.717) is 13.0 Å². The van der Waals surface area contributed by atoms with E-state index < -0.39 is 8.18 Å². The Morgan fingerprint density at radius 1 is 1.75 bits per heavy atom. The Morgan fingerprint density at radius 2 is 2.50 bits per heavy atom. The zero-order valence-electron chi connectivity index (χ0n) is 6.52. The normalized spacial score (nSPS) is 17.8. The fourth-order valence-corrected chi connectivity index (χ4v) is 1.88. The van der Waals surface area contributed by atoms with Gasteiger partial charge in [0.1, 0.15) is 0 Å². The van der Waals surface area contributed by atoms with Crippen LogP contribution in [0.1, 0.15) is 12.8 Å². The summed E-state index contributed by atoms with van der Waals surface area (Å²) < 4.78 is 17.1. The summed E-state index contributed by atoms with van der Waals surface area (Å²) in [6.45, 7) is 0.498. The zero-order chi connectivity index (χ0) is 8.97. The second-order valence-corrected chi connectivity index (χ2v) is 3.55. The van der Waals surface area contributed by atoms with E-state index in [-0.39, 0.29) is 12.5 Å². The van der Waals surface area contributed by atoms with Crippen LogP contribution in [-0.4, -0.2) is 23.7 Å². The summed E-state index contributed by atoms with van der Waals surface area (Å²) in [5.74, 6) is 2.08. The second-order valence-electron chi connectivity index (χ2n) is 2.34. The van der Waals surface area contributed by atoms with Crippen LogP contribution < -0.4 is 0 Å². The molecule has 1 atom stereocenters. The molecule has 0 bridgehead atoms. The van der Waals surface area contributed by atoms with E-state index in [2.05, 4.69) is 5.92 Å². The monoisotopic (exact) mass is 186 g/mol. The van der Waals surface area contributed by atoms with Gasteiger partial charge >= 0.3 is 8.18 Å². The number of carbonyl (C=O) groups is 1. The molecule has 64 valence electrons. The molecule has 0 aromatic heterocycles. The fourth-order valence-electron chi connectivity index (χ4n) is 0.969. The van der Waals surface area contributed by atoms with Crippen molar-refractivity contribution < 1.29 is 13.9 Å². The van der Waals surface area contributed by atoms with Gasteiger partial charge in [-0.2, -0.15) is 0 Å². The molecule has 1 fully saturated rings. The Morgan fingerprint density at radius 3 is 3.00 bits per heavy atom. The summed E-state index contributed by atoms with van der Waals surface area (Å²) in [5, 5.41) is 0. The van der Waals surface area contributed by atoms with E-state index in [1.54, 1.807) is 0 Å². The van der Waals surface area contributed by atoms with Crippen LogP contribution in [0.15, 0.2) is 0 Å². The van der Waals surface area contributed by atoms with Crippen molar-refractivity contribution >= 4 is 14.1 Å². The molecule has 0 aromatic rings. The number of hydrogen-bond donors (Lipinski definition) is 0. The molecule has 1 aliphatic rings. The van der Waals surface area contributed by atoms with Crippen LogP contribution in [0.25, 0.3) is 0 Å². The van der Waals surface area contributed by atoms with Crippen molar-refractivity contribution in [1.29, 1.82) is 0 Å². The molecule has 0 N–H and O–H groups in total. The van der Waals surface area contributed by atoms with Crippen LogP contribution in [0.5, 0.6) is 0 Å². The lowest BCUT2D eigenvalue weighted by Gasteiger charge is -1.97. The van der Waals surface area contributed by atoms with Crippen molar-refractivity contribution in [3.05, 3.63) is 0 Å². The molecular weight excluding hydrogens is 177 g/mol. The molecule has 1 amide bonds. The summed E-state index contributed by atoms with van der Waals surface area (Å²) in [6, 6.07) is 0. The third-order valence-corrected chi connectivity index (χ3v) is 2.67. The Kier molecular flexibility index (Phi) is 3.21. The number of rotatable bonds is 3. The van der Waals surface area contributed by atoms with Crippen LogP contribution in [0, 0.1) is 12.3 Å². The lowest BCUT2D eigenvalue weighted by Crippen LogP contribution is -2.16. The van der Waals surface area contributed by atoms with Crippen molar-refractivity contribution in [1.82, 2.24) is 4.67 Å². The van der Waals surface area contributed by atoms with E-state index in [0.717, 1.165) is 6.42 Å². The van der Waals surface area contributed by atoms with Gasteiger partial charge in [-0.1, -0.05) is 5.92 Å². The maximum atomic E-state index is 11.2. The summed E-state index contributed by atoms with van der Waals surface area (Å²) in [6.07, 6.45) is 6.11. The molecule has 1 unspecified atom stereocenters. The minimum atomic E-state index is -2.04. The lowest BCUT2D eigenvalue weighted by atomic mass is 10.4. The molecule has 0 radical (unpaired) electrons. The molecule has 12 heavy (non-hydrogen) atoms. The van der Waals surface area contributed by atoms with Gasteiger partial charge in [0.2, 0.25) is 0 Å². The van der Waals surface area contributed by atoms with E-state index in [4.69, 9.17) is 10.9 Å². The highest BCUT2D eigenvalue weighted by Gasteiger charge is 2.38. The van der Waals surface area contributed by atoms with Gasteiger partial charge < -0.3 is 0 Å². The molecule has 0 spiro atoms. The fraction of sp³-hybridized carbons (Fsp3) is 0.571. The highest BCUT2D eigenvalue weighted by molar-refractivity contribution is 7.37. The third kappa shape index (κ3) is 2.04. The highest BCUT2D eigenvalue weighted by Crippen LogP contribution is 2.32. The molecule has 1 saturated heterocycles. The molecule has 1 aliphatic heterocycles. The first-order valence-electron chi connectivity index (χ1n) is 3.59. The predicted octanol–water partition coefficient (Wildman–Crippen LogP) is 0.916. The van der Waals surface area contributed by atoms with Crippen molar-refractivity contribution in [2.45, 2.75) is 12.8 Å². The Labute approximate surface area is 71.8 Å². The number of hydrogen-bond acceptors (Lipinski definition) is 3. The van der Waals surface area contributed by atoms with Crippen molar-refractivity contribution in [2.24, 2.45) is 0 Å². The standard InChI is InChI=1S/C7H9NO3P/c1-2-6-11-12(10)8-5-3-4-7(8)9/h1H,3-6H2/q+1. The predicted molar refractivity (Wildman–Crippen MR) is 43.3 cm³/mol. The van der Waals surface area contributed by atoms with Gasteiger partial charge in [-0.25, -0.2) is 0 Å². The first kappa shape index (κ1) is 9.18. The summed E-state index contributed by atoms with van der Waals surface area (Å²) >= 11 is 0. The summed E-state index contributed by atoms with van der Waals surface area (Å²) in [7, 11) is -2.04. The zero-order valence-corrected chi connectivity index (χ0v) is 7.42. The van der Waals surface area contributed by atoms with Gasteiger partial charge in [0, 0.05) is 6.42 Å². The molecule has 5 heteroatoms. The number of nitrogens with zero attached hydrogens (tertiary/aromatic N) is 1. The van der Waals surface area contributed by atoms with Gasteiger partial charge in [0.25, 0.3) is 5.91 Å². The second kappa shape index (κ2) is 4.20. The van der Waals surface area contributed by atoms with E-state index >= 15 is 0 Å². The highest BCUT2D eigenvalue weighted by atomic mass is 31.1. The van der Waals surface area contributed by atoms with E-state index in [1.807, 2.05) is 0 Å². The van der Waals surface area contributed by atoms with Gasteiger partial charge in [-0.05, 0) is 11.0 Å². The topological polar surface area (TPSA) is 46.6 Å². The van der Waals surface area contributed by atoms with Gasteiger partial charge in [-0.15, -0.1) is 15.6 Å². The summed E-state index contributed by atoms with van der Waals surface area (Å²) in [5.41, 5.74) is 0. The van der Waals surface area contributed by atoms with Crippen molar-refractivity contribution in [3.63, 3.8) is 0 Å². The minimum absolute atomic E-state index is 0.0149. The molecular formula is C7H9NO3P+. The van der Waals surface area contributed by atoms with Crippen molar-refractivity contribution in [2.75, 3.05) is 13.2 Å². The average Bonchev–Trinajstić information content (AvgIpc) is 2.47. The maximum Gasteiger partial charge on any atom is 0.649 e. The first-order chi connectivity index (χ1) is 5.75. The molecule has 0 aromatic carbocycles. The Balaban J connectivity index is 2.42. The lowest BCUT2D eigenvalue weighted by molar-refractivity contribution is -0.124. The number of amides is 1. The Bertz CT molecular complexity index is 246. The third-order valence-electron chi connectivity index (χ3n) is 1.50. The summed E-state index contributed by atoms with van der Waals surface area (Å²) in [4.78, 5) is 11.0. The average molecular weight is 186 g/mol. The van der Waals surface area contributed by atoms with Crippen molar-refractivity contribution in [3.8, 4) is 12.3 Å². The van der Waals surface area contributed by atoms with Crippen LogP contribution in [0.4, 0.5) is 0 Å². The van der Waals surface area contributed by atoms with Crippen LogP contribution >= 0.6 is 8.18 Å². The SMILES string of the molecule is C#CCO[P+](=O)N1CCCC1=O. The number of carbonyl (C=O) groups excluding carboxylic acids is 1. The van der Waals surface area contributed by atoms with Crippen LogP contribution in [0.2, 0.25) is 0 Å². The molecule has 1 rings (SSSR count). The minimum Gasteiger partial charge on any atom is -0.271 e. The van der Waals surface area contributed by atoms with Gasteiger partial charge in [-0.3, -0.25) is 4.79 Å². The van der Waals surface area contributed by atoms with Crippen LogP contribution in [0.3, 0.4) is 0 Å². The largest absolute Gasteiger partial charge is 0.649 e. The van der Waals surface area contributed by atoms with Crippen LogP contribution in [-0.2, 0) is 13.9 Å². The van der Waals surface area contributed by atoms with Gasteiger partial charge in [0.05, 0.1) is 6.54 Å². The Hall–Kier alpha value is -0.910. The van der Waals surface area contributed by atoms with E-state index in [1.165, 1.54) is 4.67 Å². The first-order valence-corrected chi connectivity index (χ1v) is 4.72. The van der Waals surface area contributed by atoms with Gasteiger partial charge in [0.15, 0.2) is 6.61 Å². The smallest absolute Gasteiger partial charge is 0.271 e. The maximum absolute atomic E-state index is 11.2. The number of terminal acetylenes is 1. The quantitative estimate of drug-likeness (QED) is 0.486. The molecule has 0 saturated carbocycles.